The molecule has 0 aliphatic heterocycles. The zero-order valence-electron chi connectivity index (χ0n) is 13.2. The Morgan fingerprint density at radius 2 is 1.69 bits per heavy atom. The van der Waals surface area contributed by atoms with Crippen LogP contribution in [0.15, 0.2) is 53.7 Å². The molecule has 0 aliphatic carbocycles. The van der Waals surface area contributed by atoms with Crippen molar-refractivity contribution < 1.29 is 26.0 Å². The van der Waals surface area contributed by atoms with Gasteiger partial charge in [0.2, 0.25) is 5.95 Å². The van der Waals surface area contributed by atoms with Gasteiger partial charge in [0.25, 0.3) is 0 Å². The predicted molar refractivity (Wildman–Crippen MR) is 84.9 cm³/mol. The minimum Gasteiger partial charge on any atom is -0.299 e. The lowest BCUT2D eigenvalue weighted by Crippen LogP contribution is -2.05. The highest BCUT2D eigenvalue weighted by Crippen LogP contribution is 2.32. The Balaban J connectivity index is 2.16. The van der Waals surface area contributed by atoms with Crippen LogP contribution >= 0.6 is 0 Å². The Hall–Kier alpha value is -2.75. The van der Waals surface area contributed by atoms with Gasteiger partial charge in [-0.15, -0.1) is 0 Å². The van der Waals surface area contributed by atoms with Crippen LogP contribution in [0.5, 0.6) is 0 Å². The third-order valence-electron chi connectivity index (χ3n) is 3.52. The molecule has 0 radical (unpaired) electrons. The van der Waals surface area contributed by atoms with Crippen molar-refractivity contribution in [2.45, 2.75) is 11.1 Å². The normalized spacial score (nSPS) is 12.3. The van der Waals surface area contributed by atoms with Gasteiger partial charge < -0.3 is 0 Å². The second-order valence-electron chi connectivity index (χ2n) is 5.45. The largest absolute Gasteiger partial charge is 0.434 e. The van der Waals surface area contributed by atoms with E-state index < -0.39 is 27.7 Å². The van der Waals surface area contributed by atoms with E-state index in [1.54, 1.807) is 0 Å². The third kappa shape index (κ3) is 3.59. The second-order valence-corrected chi connectivity index (χ2v) is 7.47. The molecule has 0 saturated heterocycles. The SMILES string of the molecule is CS(=O)(=O)c1ccc(-n2cc(C(F)(F)F)nc2-c2ccc(F)nc2)cc1. The van der Waals surface area contributed by atoms with Crippen LogP contribution in [-0.2, 0) is 16.0 Å². The first-order chi connectivity index (χ1) is 12.1. The standard InChI is InChI=1S/C16H11F4N3O2S/c1-26(24,25)12-5-3-11(4-6-12)23-9-13(16(18,19)20)22-15(23)10-2-7-14(17)21-8-10/h2-9H,1H3. The first kappa shape index (κ1) is 18.1. The van der Waals surface area contributed by atoms with Crippen LogP contribution < -0.4 is 0 Å². The number of aromatic nitrogens is 3. The molecule has 0 fully saturated rings. The lowest BCUT2D eigenvalue weighted by atomic mass is 10.2. The molecule has 0 atom stereocenters. The fourth-order valence-corrected chi connectivity index (χ4v) is 2.91. The van der Waals surface area contributed by atoms with Crippen LogP contribution in [0.25, 0.3) is 17.1 Å². The number of pyridine rings is 1. The van der Waals surface area contributed by atoms with Crippen LogP contribution in [-0.4, -0.2) is 29.2 Å². The number of rotatable bonds is 3. The second kappa shape index (κ2) is 6.20. The van der Waals surface area contributed by atoms with Crippen LogP contribution in [0.2, 0.25) is 0 Å². The summed E-state index contributed by atoms with van der Waals surface area (Å²) in [6, 6.07) is 7.55. The number of halogens is 4. The molecule has 0 amide bonds. The Morgan fingerprint density at radius 1 is 1.04 bits per heavy atom. The summed E-state index contributed by atoms with van der Waals surface area (Å²) >= 11 is 0. The molecule has 0 unspecified atom stereocenters. The fourth-order valence-electron chi connectivity index (χ4n) is 2.28. The third-order valence-corrected chi connectivity index (χ3v) is 4.65. The van der Waals surface area contributed by atoms with Gasteiger partial charge in [-0.2, -0.15) is 17.6 Å². The van der Waals surface area contributed by atoms with Gasteiger partial charge in [0.1, 0.15) is 5.82 Å². The molecule has 0 aliphatic rings. The topological polar surface area (TPSA) is 64.8 Å². The molecule has 0 bridgehead atoms. The number of benzene rings is 1. The van der Waals surface area contributed by atoms with Crippen LogP contribution in [0.4, 0.5) is 17.6 Å². The number of hydrogen-bond acceptors (Lipinski definition) is 4. The Bertz CT molecular complexity index is 1040. The summed E-state index contributed by atoms with van der Waals surface area (Å²) in [5.74, 6) is -0.877. The number of alkyl halides is 3. The summed E-state index contributed by atoms with van der Waals surface area (Å²) in [5.41, 5.74) is -0.696. The van der Waals surface area contributed by atoms with Crippen LogP contribution in [0.1, 0.15) is 5.69 Å². The van der Waals surface area contributed by atoms with Crippen LogP contribution in [0.3, 0.4) is 0 Å². The molecule has 3 rings (SSSR count). The maximum Gasteiger partial charge on any atom is 0.434 e. The summed E-state index contributed by atoms with van der Waals surface area (Å²) in [6.07, 6.45) is -1.80. The lowest BCUT2D eigenvalue weighted by molar-refractivity contribution is -0.140. The van der Waals surface area contributed by atoms with Crippen molar-refractivity contribution >= 4 is 9.84 Å². The van der Waals surface area contributed by atoms with Gasteiger partial charge in [-0.1, -0.05) is 0 Å². The summed E-state index contributed by atoms with van der Waals surface area (Å²) in [7, 11) is -3.44. The molecule has 2 aromatic heterocycles. The molecule has 3 aromatic rings. The van der Waals surface area contributed by atoms with E-state index in [4.69, 9.17) is 0 Å². The highest BCUT2D eigenvalue weighted by atomic mass is 32.2. The zero-order valence-corrected chi connectivity index (χ0v) is 14.0. The van der Waals surface area contributed by atoms with E-state index in [1.807, 2.05) is 0 Å². The van der Waals surface area contributed by atoms with Crippen molar-refractivity contribution in [3.63, 3.8) is 0 Å². The molecule has 0 spiro atoms. The first-order valence-corrected chi connectivity index (χ1v) is 9.04. The van der Waals surface area contributed by atoms with E-state index in [0.29, 0.717) is 0 Å². The van der Waals surface area contributed by atoms with Gasteiger partial charge in [-0.05, 0) is 36.4 Å². The Labute approximate surface area is 145 Å². The first-order valence-electron chi connectivity index (χ1n) is 7.15. The van der Waals surface area contributed by atoms with Gasteiger partial charge in [0, 0.05) is 29.9 Å². The van der Waals surface area contributed by atoms with E-state index in [-0.39, 0.29) is 22.0 Å². The van der Waals surface area contributed by atoms with Crippen molar-refractivity contribution in [3.05, 3.63) is 60.4 Å². The highest BCUT2D eigenvalue weighted by molar-refractivity contribution is 7.90. The van der Waals surface area contributed by atoms with Gasteiger partial charge >= 0.3 is 6.18 Å². The molecule has 26 heavy (non-hydrogen) atoms. The number of imidazole rings is 1. The smallest absolute Gasteiger partial charge is 0.299 e. The fraction of sp³-hybridized carbons (Fsp3) is 0.125. The van der Waals surface area contributed by atoms with Gasteiger partial charge in [0.05, 0.1) is 4.90 Å². The summed E-state index contributed by atoms with van der Waals surface area (Å²) in [4.78, 5) is 7.04. The van der Waals surface area contributed by atoms with Crippen molar-refractivity contribution in [2.24, 2.45) is 0 Å². The summed E-state index contributed by atoms with van der Waals surface area (Å²) in [6.45, 7) is 0. The van der Waals surface area contributed by atoms with Crippen molar-refractivity contribution in [1.29, 1.82) is 0 Å². The molecule has 136 valence electrons. The maximum atomic E-state index is 13.1. The number of sulfone groups is 1. The number of nitrogens with zero attached hydrogens (tertiary/aromatic N) is 3. The van der Waals surface area contributed by atoms with Gasteiger partial charge in [-0.25, -0.2) is 18.4 Å². The van der Waals surface area contributed by atoms with Crippen molar-refractivity contribution in [1.82, 2.24) is 14.5 Å². The van der Waals surface area contributed by atoms with E-state index in [0.717, 1.165) is 29.3 Å². The van der Waals surface area contributed by atoms with E-state index >= 15 is 0 Å². The Morgan fingerprint density at radius 3 is 2.19 bits per heavy atom. The predicted octanol–water partition coefficient (Wildman–Crippen LogP) is 3.50. The summed E-state index contributed by atoms with van der Waals surface area (Å²) < 4.78 is 76.4. The van der Waals surface area contributed by atoms with Gasteiger partial charge in [-0.3, -0.25) is 4.57 Å². The van der Waals surface area contributed by atoms with Gasteiger partial charge in [0.15, 0.2) is 15.5 Å². The van der Waals surface area contributed by atoms with Crippen molar-refractivity contribution in [2.75, 3.05) is 6.26 Å². The quantitative estimate of drug-likeness (QED) is 0.511. The van der Waals surface area contributed by atoms with E-state index in [2.05, 4.69) is 9.97 Å². The summed E-state index contributed by atoms with van der Waals surface area (Å²) in [5, 5.41) is 0. The average molecular weight is 385 g/mol. The van der Waals surface area contributed by atoms with Crippen molar-refractivity contribution in [3.8, 4) is 17.1 Å². The minimum absolute atomic E-state index is 0.0300. The molecular weight excluding hydrogens is 374 g/mol. The maximum absolute atomic E-state index is 13.1. The molecule has 0 saturated carbocycles. The average Bonchev–Trinajstić information content (AvgIpc) is 3.00. The monoisotopic (exact) mass is 385 g/mol. The molecule has 2 heterocycles. The molecule has 1 aromatic carbocycles. The van der Waals surface area contributed by atoms with Crippen LogP contribution in [0, 0.1) is 5.95 Å². The number of hydrogen-bond donors (Lipinski definition) is 0. The zero-order chi connectivity index (χ0) is 19.1. The lowest BCUT2D eigenvalue weighted by Gasteiger charge is -2.08. The van der Waals surface area contributed by atoms with E-state index in [1.165, 1.54) is 30.3 Å². The molecular formula is C16H11F4N3O2S. The van der Waals surface area contributed by atoms with E-state index in [9.17, 15) is 26.0 Å². The highest BCUT2D eigenvalue weighted by Gasteiger charge is 2.35. The molecule has 5 nitrogen and oxygen atoms in total. The molecule has 10 heteroatoms. The Kier molecular flexibility index (Phi) is 4.31. The molecule has 0 N–H and O–H groups in total. The minimum atomic E-state index is -4.68.